The Labute approximate surface area is 71.5 Å². The van der Waals surface area contributed by atoms with Crippen LogP contribution in [-0.4, -0.2) is 23.1 Å². The third kappa shape index (κ3) is 3.37. The molecule has 0 amide bonds. The smallest absolute Gasteiger partial charge is 0.344 e. The summed E-state index contributed by atoms with van der Waals surface area (Å²) in [6, 6.07) is 0. The molecule has 4 nitrogen and oxygen atoms in total. The molecule has 0 fully saturated rings. The van der Waals surface area contributed by atoms with Crippen LogP contribution in [0.2, 0.25) is 0 Å². The van der Waals surface area contributed by atoms with Crippen molar-refractivity contribution in [3.8, 4) is 0 Å². The van der Waals surface area contributed by atoms with Gasteiger partial charge in [-0.05, 0) is 27.7 Å². The standard InChI is InChI=1S/C8H14O4/c1-5(6(9)10)12-7(11)8(2,3)4/h5H,1-4H3,(H,9,10)/t5-/m0/s1. The maximum Gasteiger partial charge on any atom is 0.344 e. The van der Waals surface area contributed by atoms with Crippen LogP contribution in [-0.2, 0) is 14.3 Å². The maximum absolute atomic E-state index is 11.1. The SMILES string of the molecule is C[C@H](OC(=O)C(C)(C)C)C(=O)O. The van der Waals surface area contributed by atoms with E-state index in [4.69, 9.17) is 5.11 Å². The molecule has 1 N–H and O–H groups in total. The molecule has 0 aromatic heterocycles. The van der Waals surface area contributed by atoms with Crippen LogP contribution < -0.4 is 0 Å². The van der Waals surface area contributed by atoms with Gasteiger partial charge in [0.05, 0.1) is 5.41 Å². The highest BCUT2D eigenvalue weighted by Crippen LogP contribution is 2.16. The Bertz CT molecular complexity index is 190. The molecule has 0 aliphatic heterocycles. The predicted molar refractivity (Wildman–Crippen MR) is 42.6 cm³/mol. The van der Waals surface area contributed by atoms with Gasteiger partial charge in [0.15, 0.2) is 6.10 Å². The Hall–Kier alpha value is -1.06. The molecule has 0 bridgehead atoms. The van der Waals surface area contributed by atoms with Gasteiger partial charge in [-0.1, -0.05) is 0 Å². The van der Waals surface area contributed by atoms with Crippen molar-refractivity contribution < 1.29 is 19.4 Å². The minimum absolute atomic E-state index is 0.502. The van der Waals surface area contributed by atoms with Gasteiger partial charge in [0, 0.05) is 0 Å². The first-order valence-corrected chi connectivity index (χ1v) is 3.69. The molecule has 0 rings (SSSR count). The molecule has 0 unspecified atom stereocenters. The van der Waals surface area contributed by atoms with Gasteiger partial charge in [-0.3, -0.25) is 4.79 Å². The monoisotopic (exact) mass is 174 g/mol. The fraction of sp³-hybridized carbons (Fsp3) is 0.750. The highest BCUT2D eigenvalue weighted by Gasteiger charge is 2.26. The van der Waals surface area contributed by atoms with Crippen LogP contribution in [0.5, 0.6) is 0 Å². The average Bonchev–Trinajstić information content (AvgIpc) is 1.85. The largest absolute Gasteiger partial charge is 0.479 e. The van der Waals surface area contributed by atoms with E-state index in [0.29, 0.717) is 0 Å². The summed E-state index contributed by atoms with van der Waals surface area (Å²) in [6.45, 7) is 6.34. The van der Waals surface area contributed by atoms with Crippen LogP contribution in [0.3, 0.4) is 0 Å². The molecule has 0 heterocycles. The van der Waals surface area contributed by atoms with Gasteiger partial charge in [-0.2, -0.15) is 0 Å². The number of hydrogen-bond acceptors (Lipinski definition) is 3. The molecule has 1 atom stereocenters. The highest BCUT2D eigenvalue weighted by atomic mass is 16.6. The molecule has 12 heavy (non-hydrogen) atoms. The molecule has 4 heteroatoms. The molecule has 0 saturated heterocycles. The third-order valence-electron chi connectivity index (χ3n) is 1.24. The van der Waals surface area contributed by atoms with Crippen molar-refractivity contribution in [1.82, 2.24) is 0 Å². The van der Waals surface area contributed by atoms with Crippen molar-refractivity contribution in [2.75, 3.05) is 0 Å². The first-order chi connectivity index (χ1) is 5.25. The van der Waals surface area contributed by atoms with Gasteiger partial charge in [0.1, 0.15) is 0 Å². The van der Waals surface area contributed by atoms with E-state index in [-0.39, 0.29) is 0 Å². The predicted octanol–water partition coefficient (Wildman–Crippen LogP) is 1.05. The van der Waals surface area contributed by atoms with Crippen molar-refractivity contribution in [2.24, 2.45) is 5.41 Å². The number of carbonyl (C=O) groups excluding carboxylic acids is 1. The van der Waals surface area contributed by atoms with E-state index in [0.717, 1.165) is 0 Å². The van der Waals surface area contributed by atoms with Crippen molar-refractivity contribution in [1.29, 1.82) is 0 Å². The second-order valence-electron chi connectivity index (χ2n) is 3.64. The Kier molecular flexibility index (Phi) is 3.24. The summed E-state index contributed by atoms with van der Waals surface area (Å²) in [5.74, 6) is -1.63. The third-order valence-corrected chi connectivity index (χ3v) is 1.24. The molecule has 0 aromatic carbocycles. The number of rotatable bonds is 2. The minimum atomic E-state index is -1.13. The summed E-state index contributed by atoms with van der Waals surface area (Å²) < 4.78 is 4.64. The molecule has 0 saturated carbocycles. The molecule has 0 aromatic rings. The quantitative estimate of drug-likeness (QED) is 0.635. The van der Waals surface area contributed by atoms with Gasteiger partial charge >= 0.3 is 11.9 Å². The number of carbonyl (C=O) groups is 2. The highest BCUT2D eigenvalue weighted by molar-refractivity contribution is 5.80. The van der Waals surface area contributed by atoms with Crippen molar-refractivity contribution >= 4 is 11.9 Å². The molecule has 0 aliphatic rings. The Morgan fingerprint density at radius 3 is 2.00 bits per heavy atom. The zero-order valence-electron chi connectivity index (χ0n) is 7.75. The van der Waals surface area contributed by atoms with Crippen LogP contribution in [0.1, 0.15) is 27.7 Å². The van der Waals surface area contributed by atoms with Crippen molar-refractivity contribution in [3.05, 3.63) is 0 Å². The topological polar surface area (TPSA) is 63.6 Å². The zero-order chi connectivity index (χ0) is 9.94. The lowest BCUT2D eigenvalue weighted by atomic mass is 9.97. The average molecular weight is 174 g/mol. The van der Waals surface area contributed by atoms with Gasteiger partial charge < -0.3 is 9.84 Å². The van der Waals surface area contributed by atoms with E-state index in [2.05, 4.69) is 4.74 Å². The summed E-state index contributed by atoms with van der Waals surface area (Å²) in [4.78, 5) is 21.4. The molecular weight excluding hydrogens is 160 g/mol. The molecule has 0 radical (unpaired) electrons. The van der Waals surface area contributed by atoms with E-state index in [1.807, 2.05) is 0 Å². The lowest BCUT2D eigenvalue weighted by Gasteiger charge is -2.18. The summed E-state index contributed by atoms with van der Waals surface area (Å²) in [5, 5.41) is 8.42. The van der Waals surface area contributed by atoms with Gasteiger partial charge in [0.25, 0.3) is 0 Å². The van der Waals surface area contributed by atoms with Gasteiger partial charge in [0.2, 0.25) is 0 Å². The van der Waals surface area contributed by atoms with Crippen molar-refractivity contribution in [2.45, 2.75) is 33.8 Å². The van der Waals surface area contributed by atoms with E-state index >= 15 is 0 Å². The Morgan fingerprint density at radius 1 is 1.33 bits per heavy atom. The van der Waals surface area contributed by atoms with E-state index in [1.165, 1.54) is 6.92 Å². The first-order valence-electron chi connectivity index (χ1n) is 3.69. The number of hydrogen-bond donors (Lipinski definition) is 1. The van der Waals surface area contributed by atoms with Crippen LogP contribution in [0, 0.1) is 5.41 Å². The van der Waals surface area contributed by atoms with Crippen LogP contribution in [0.15, 0.2) is 0 Å². The van der Waals surface area contributed by atoms with E-state index in [1.54, 1.807) is 20.8 Å². The molecular formula is C8H14O4. The normalized spacial score (nSPS) is 13.7. The minimum Gasteiger partial charge on any atom is -0.479 e. The zero-order valence-corrected chi connectivity index (χ0v) is 7.75. The fourth-order valence-electron chi connectivity index (χ4n) is 0.388. The Morgan fingerprint density at radius 2 is 1.75 bits per heavy atom. The number of aliphatic carboxylic acids is 1. The number of esters is 1. The molecule has 70 valence electrons. The fourth-order valence-corrected chi connectivity index (χ4v) is 0.388. The van der Waals surface area contributed by atoms with Crippen molar-refractivity contribution in [3.63, 3.8) is 0 Å². The number of carboxylic acids is 1. The van der Waals surface area contributed by atoms with Crippen LogP contribution >= 0.6 is 0 Å². The number of carboxylic acid groups (broad SMARTS) is 1. The summed E-state index contributed by atoms with van der Waals surface area (Å²) >= 11 is 0. The lowest BCUT2D eigenvalue weighted by Crippen LogP contribution is -2.30. The maximum atomic E-state index is 11.1. The van der Waals surface area contributed by atoms with Gasteiger partial charge in [-0.25, -0.2) is 4.79 Å². The lowest BCUT2D eigenvalue weighted by molar-refractivity contribution is -0.168. The van der Waals surface area contributed by atoms with E-state index in [9.17, 15) is 9.59 Å². The second-order valence-corrected chi connectivity index (χ2v) is 3.64. The van der Waals surface area contributed by atoms with Gasteiger partial charge in [-0.15, -0.1) is 0 Å². The summed E-state index contributed by atoms with van der Waals surface area (Å²) in [7, 11) is 0. The molecule has 0 spiro atoms. The van der Waals surface area contributed by atoms with E-state index < -0.39 is 23.5 Å². The first kappa shape index (κ1) is 10.9. The van der Waals surface area contributed by atoms with Crippen LogP contribution in [0.25, 0.3) is 0 Å². The number of ether oxygens (including phenoxy) is 1. The van der Waals surface area contributed by atoms with Crippen LogP contribution in [0.4, 0.5) is 0 Å². The molecule has 0 aliphatic carbocycles. The second kappa shape index (κ2) is 3.56. The summed E-state index contributed by atoms with van der Waals surface area (Å²) in [5.41, 5.74) is -0.649. The Balaban J connectivity index is 4.11. The summed E-state index contributed by atoms with van der Waals surface area (Å²) in [6.07, 6.45) is -1.07.